The van der Waals surface area contributed by atoms with Crippen LogP contribution in [0.1, 0.15) is 12.5 Å². The minimum Gasteiger partial charge on any atom is -0.461 e. The van der Waals surface area contributed by atoms with Crippen LogP contribution < -0.4 is 10.5 Å². The highest BCUT2D eigenvalue weighted by Crippen LogP contribution is 2.16. The number of rotatable bonds is 6. The monoisotopic (exact) mass is 358 g/mol. The predicted molar refractivity (Wildman–Crippen MR) is 98.6 cm³/mol. The Bertz CT molecular complexity index is 773. The number of carbonyl (C=O) groups is 1. The highest BCUT2D eigenvalue weighted by molar-refractivity contribution is 6.31. The van der Waals surface area contributed by atoms with Crippen molar-refractivity contribution in [3.05, 3.63) is 77.0 Å². The van der Waals surface area contributed by atoms with E-state index in [1.165, 1.54) is 6.08 Å². The summed E-state index contributed by atoms with van der Waals surface area (Å²) in [4.78, 5) is 16.1. The molecule has 0 aliphatic heterocycles. The molecule has 0 atom stereocenters. The molecule has 0 heterocycles. The second-order valence-corrected chi connectivity index (χ2v) is 5.39. The van der Waals surface area contributed by atoms with Gasteiger partial charge in [-0.1, -0.05) is 48.0 Å². The highest BCUT2D eigenvalue weighted by atomic mass is 35.5. The summed E-state index contributed by atoms with van der Waals surface area (Å²) in [5.41, 5.74) is 6.50. The van der Waals surface area contributed by atoms with Crippen molar-refractivity contribution >= 4 is 23.5 Å². The second-order valence-electron chi connectivity index (χ2n) is 4.98. The van der Waals surface area contributed by atoms with Gasteiger partial charge in [-0.2, -0.15) is 0 Å². The number of ether oxygens (including phenoxy) is 2. The largest absolute Gasteiger partial charge is 0.461 e. The number of esters is 1. The molecule has 0 bridgehead atoms. The molecule has 2 aromatic carbocycles. The van der Waals surface area contributed by atoms with Gasteiger partial charge in [-0.05, 0) is 30.7 Å². The summed E-state index contributed by atoms with van der Waals surface area (Å²) >= 11 is 6.14. The van der Waals surface area contributed by atoms with Gasteiger partial charge >= 0.3 is 5.97 Å². The number of nitrogens with zero attached hydrogens (tertiary/aromatic N) is 1. The molecule has 0 fully saturated rings. The number of halogens is 1. The van der Waals surface area contributed by atoms with E-state index in [2.05, 4.69) is 4.99 Å². The summed E-state index contributed by atoms with van der Waals surface area (Å²) in [6, 6.07) is 16.5. The number of carbonyl (C=O) groups excluding carboxylic acids is 1. The standard InChI is InChI=1S/C19H19ClN2O3/c1-2-24-19(23)17(21)12-18(25-15-9-4-3-5-10-15)22-13-14-8-6-7-11-16(14)20/h3-12H,2,13,21H2,1H3. The van der Waals surface area contributed by atoms with Crippen molar-refractivity contribution in [2.45, 2.75) is 13.5 Å². The molecule has 0 amide bonds. The maximum atomic E-state index is 11.7. The highest BCUT2D eigenvalue weighted by Gasteiger charge is 2.09. The third-order valence-corrected chi connectivity index (χ3v) is 3.49. The minimum atomic E-state index is -0.621. The quantitative estimate of drug-likeness (QED) is 0.369. The molecule has 2 aromatic rings. The Morgan fingerprint density at radius 1 is 1.16 bits per heavy atom. The fourth-order valence-electron chi connectivity index (χ4n) is 1.91. The van der Waals surface area contributed by atoms with E-state index in [-0.39, 0.29) is 24.7 Å². The van der Waals surface area contributed by atoms with Gasteiger partial charge in [0.1, 0.15) is 11.4 Å². The molecule has 130 valence electrons. The summed E-state index contributed by atoms with van der Waals surface area (Å²) in [6.45, 7) is 2.23. The zero-order valence-corrected chi connectivity index (χ0v) is 14.6. The van der Waals surface area contributed by atoms with E-state index in [0.717, 1.165) is 5.56 Å². The van der Waals surface area contributed by atoms with Crippen LogP contribution in [0.15, 0.2) is 71.4 Å². The smallest absolute Gasteiger partial charge is 0.354 e. The van der Waals surface area contributed by atoms with Crippen molar-refractivity contribution in [3.8, 4) is 5.75 Å². The van der Waals surface area contributed by atoms with Gasteiger partial charge in [0.25, 0.3) is 0 Å². The molecule has 0 unspecified atom stereocenters. The van der Waals surface area contributed by atoms with E-state index in [9.17, 15) is 4.79 Å². The van der Waals surface area contributed by atoms with E-state index in [0.29, 0.717) is 10.8 Å². The van der Waals surface area contributed by atoms with Crippen LogP contribution in [0.25, 0.3) is 0 Å². The summed E-state index contributed by atoms with van der Waals surface area (Å²) < 4.78 is 10.6. The van der Waals surface area contributed by atoms with Gasteiger partial charge < -0.3 is 15.2 Å². The number of aliphatic imine (C=N–C) groups is 1. The molecule has 0 aliphatic rings. The van der Waals surface area contributed by atoms with Crippen molar-refractivity contribution in [1.29, 1.82) is 0 Å². The van der Waals surface area contributed by atoms with Crippen LogP contribution in [-0.2, 0) is 16.1 Å². The lowest BCUT2D eigenvalue weighted by atomic mass is 10.2. The van der Waals surface area contributed by atoms with Gasteiger partial charge in [-0.3, -0.25) is 0 Å². The van der Waals surface area contributed by atoms with Crippen molar-refractivity contribution in [1.82, 2.24) is 0 Å². The average molecular weight is 359 g/mol. The topological polar surface area (TPSA) is 73.9 Å². The molecular weight excluding hydrogens is 340 g/mol. The lowest BCUT2D eigenvalue weighted by molar-refractivity contribution is -0.138. The molecule has 0 aromatic heterocycles. The van der Waals surface area contributed by atoms with Crippen molar-refractivity contribution in [3.63, 3.8) is 0 Å². The summed E-state index contributed by atoms with van der Waals surface area (Å²) in [5, 5.41) is 0.604. The van der Waals surface area contributed by atoms with E-state index in [1.807, 2.05) is 36.4 Å². The first kappa shape index (κ1) is 18.5. The van der Waals surface area contributed by atoms with Gasteiger partial charge in [0.05, 0.1) is 13.2 Å². The van der Waals surface area contributed by atoms with Crippen LogP contribution in [0.5, 0.6) is 5.75 Å². The molecular formula is C19H19ClN2O3. The van der Waals surface area contributed by atoms with Gasteiger partial charge in [0, 0.05) is 11.1 Å². The Balaban J connectivity index is 2.25. The van der Waals surface area contributed by atoms with Crippen LogP contribution in [0.3, 0.4) is 0 Å². The molecule has 0 aliphatic carbocycles. The first-order valence-electron chi connectivity index (χ1n) is 7.75. The average Bonchev–Trinajstić information content (AvgIpc) is 2.62. The number of nitrogens with two attached hydrogens (primary N) is 1. The van der Waals surface area contributed by atoms with Crippen molar-refractivity contribution in [2.75, 3.05) is 6.61 Å². The first-order chi connectivity index (χ1) is 12.1. The van der Waals surface area contributed by atoms with Crippen molar-refractivity contribution < 1.29 is 14.3 Å². The predicted octanol–water partition coefficient (Wildman–Crippen LogP) is 3.72. The van der Waals surface area contributed by atoms with E-state index < -0.39 is 5.97 Å². The van der Waals surface area contributed by atoms with Crippen LogP contribution in [0.2, 0.25) is 5.02 Å². The summed E-state index contributed by atoms with van der Waals surface area (Å²) in [7, 11) is 0. The number of hydrogen-bond acceptors (Lipinski definition) is 5. The number of para-hydroxylation sites is 1. The molecule has 25 heavy (non-hydrogen) atoms. The molecule has 0 saturated carbocycles. The van der Waals surface area contributed by atoms with Crippen LogP contribution in [0.4, 0.5) is 0 Å². The Morgan fingerprint density at radius 2 is 1.84 bits per heavy atom. The lowest BCUT2D eigenvalue weighted by Gasteiger charge is -2.08. The summed E-state index contributed by atoms with van der Waals surface area (Å²) in [6.07, 6.45) is 1.35. The first-order valence-corrected chi connectivity index (χ1v) is 8.13. The van der Waals surface area contributed by atoms with Crippen LogP contribution >= 0.6 is 11.6 Å². The Hall–Kier alpha value is -2.79. The Kier molecular flexibility index (Phi) is 7.04. The van der Waals surface area contributed by atoms with Crippen LogP contribution in [0, 0.1) is 0 Å². The van der Waals surface area contributed by atoms with Gasteiger partial charge in [-0.15, -0.1) is 0 Å². The zero-order valence-electron chi connectivity index (χ0n) is 13.8. The van der Waals surface area contributed by atoms with Crippen molar-refractivity contribution in [2.24, 2.45) is 10.7 Å². The van der Waals surface area contributed by atoms with E-state index >= 15 is 0 Å². The maximum Gasteiger partial charge on any atom is 0.354 e. The molecule has 2 rings (SSSR count). The second kappa shape index (κ2) is 9.49. The van der Waals surface area contributed by atoms with E-state index in [1.54, 1.807) is 25.1 Å². The zero-order chi connectivity index (χ0) is 18.1. The van der Waals surface area contributed by atoms with Gasteiger partial charge in [-0.25, -0.2) is 9.79 Å². The fraction of sp³-hybridized carbons (Fsp3) is 0.158. The minimum absolute atomic E-state index is 0.0873. The van der Waals surface area contributed by atoms with Crippen LogP contribution in [-0.4, -0.2) is 18.5 Å². The molecule has 5 nitrogen and oxygen atoms in total. The SMILES string of the molecule is CCOC(=O)C(N)=CC(=NCc1ccccc1Cl)Oc1ccccc1. The molecule has 6 heteroatoms. The Labute approximate surface area is 151 Å². The normalized spacial score (nSPS) is 11.9. The maximum absolute atomic E-state index is 11.7. The summed E-state index contributed by atoms with van der Waals surface area (Å²) in [5.74, 6) is 0.148. The third kappa shape index (κ3) is 5.97. The molecule has 0 saturated heterocycles. The van der Waals surface area contributed by atoms with Gasteiger partial charge in [0.15, 0.2) is 0 Å². The lowest BCUT2D eigenvalue weighted by Crippen LogP contribution is -2.18. The number of benzene rings is 2. The molecule has 0 radical (unpaired) electrons. The Morgan fingerprint density at radius 3 is 2.52 bits per heavy atom. The number of hydrogen-bond donors (Lipinski definition) is 1. The van der Waals surface area contributed by atoms with Gasteiger partial charge in [0.2, 0.25) is 5.90 Å². The third-order valence-electron chi connectivity index (χ3n) is 3.12. The molecule has 0 spiro atoms. The fourth-order valence-corrected chi connectivity index (χ4v) is 2.11. The molecule has 2 N–H and O–H groups in total. The van der Waals surface area contributed by atoms with E-state index in [4.69, 9.17) is 26.8 Å².